The number of para-hydroxylation sites is 1. The van der Waals surface area contributed by atoms with Crippen LogP contribution in [0.5, 0.6) is 0 Å². The Labute approximate surface area is 153 Å². The van der Waals surface area contributed by atoms with Gasteiger partial charge in [0.15, 0.2) is 5.78 Å². The van der Waals surface area contributed by atoms with E-state index in [0.29, 0.717) is 17.2 Å². The van der Waals surface area contributed by atoms with Crippen molar-refractivity contribution in [2.75, 3.05) is 13.6 Å². The van der Waals surface area contributed by atoms with Gasteiger partial charge in [-0.1, -0.05) is 36.8 Å². The lowest BCUT2D eigenvalue weighted by Crippen LogP contribution is -2.39. The second-order valence-corrected chi connectivity index (χ2v) is 7.18. The lowest BCUT2D eigenvalue weighted by Gasteiger charge is -2.32. The topological polar surface area (TPSA) is 25.2 Å². The summed E-state index contributed by atoms with van der Waals surface area (Å²) in [5.74, 6) is -0.514. The summed E-state index contributed by atoms with van der Waals surface area (Å²) in [4.78, 5) is 15.4. The molecule has 1 fully saturated rings. The first kappa shape index (κ1) is 17.0. The fraction of sp³-hybridized carbons (Fsp3) is 0.318. The maximum atomic E-state index is 13.6. The smallest absolute Gasteiger partial charge is 0.195 e. The highest BCUT2D eigenvalue weighted by atomic mass is 19.1. The van der Waals surface area contributed by atoms with Gasteiger partial charge in [0.2, 0.25) is 0 Å². The molecule has 4 rings (SSSR count). The van der Waals surface area contributed by atoms with Gasteiger partial charge in [0.05, 0.1) is 0 Å². The maximum Gasteiger partial charge on any atom is 0.195 e. The van der Waals surface area contributed by atoms with Crippen LogP contribution in [0, 0.1) is 5.82 Å². The molecule has 3 nitrogen and oxygen atoms in total. The molecule has 2 aromatic carbocycles. The van der Waals surface area contributed by atoms with E-state index in [4.69, 9.17) is 0 Å². The molecule has 0 spiro atoms. The van der Waals surface area contributed by atoms with Gasteiger partial charge in [0.25, 0.3) is 0 Å². The van der Waals surface area contributed by atoms with E-state index in [9.17, 15) is 9.18 Å². The zero-order valence-electron chi connectivity index (χ0n) is 15.0. The first-order valence-corrected chi connectivity index (χ1v) is 9.22. The fourth-order valence-corrected chi connectivity index (χ4v) is 3.97. The molecule has 1 aliphatic heterocycles. The van der Waals surface area contributed by atoms with E-state index in [1.165, 1.54) is 31.4 Å². The van der Waals surface area contributed by atoms with Crippen molar-refractivity contribution in [3.05, 3.63) is 71.7 Å². The summed E-state index contributed by atoms with van der Waals surface area (Å²) in [6.45, 7) is 1.99. The number of carbonyl (C=O) groups is 1. The Bertz CT molecular complexity index is 946. The van der Waals surface area contributed by atoms with Crippen molar-refractivity contribution in [2.45, 2.75) is 31.8 Å². The molecule has 0 N–H and O–H groups in total. The molecule has 0 amide bonds. The van der Waals surface area contributed by atoms with Crippen molar-refractivity contribution in [1.82, 2.24) is 9.47 Å². The molecule has 0 saturated carbocycles. The van der Waals surface area contributed by atoms with Gasteiger partial charge in [-0.25, -0.2) is 4.39 Å². The second kappa shape index (κ2) is 7.04. The van der Waals surface area contributed by atoms with Crippen LogP contribution in [0.2, 0.25) is 0 Å². The van der Waals surface area contributed by atoms with E-state index >= 15 is 0 Å². The molecule has 1 saturated heterocycles. The van der Waals surface area contributed by atoms with E-state index in [1.807, 2.05) is 24.4 Å². The molecule has 0 radical (unpaired) electrons. The van der Waals surface area contributed by atoms with Crippen LogP contribution in [-0.2, 0) is 6.54 Å². The van der Waals surface area contributed by atoms with Gasteiger partial charge in [0, 0.05) is 40.8 Å². The molecule has 1 aromatic heterocycles. The number of fused-ring (bicyclic) bond motifs is 1. The Morgan fingerprint density at radius 2 is 2.00 bits per heavy atom. The zero-order valence-corrected chi connectivity index (χ0v) is 15.0. The number of benzene rings is 2. The van der Waals surface area contributed by atoms with Crippen LogP contribution in [0.15, 0.2) is 54.7 Å². The van der Waals surface area contributed by atoms with E-state index in [1.54, 1.807) is 12.1 Å². The van der Waals surface area contributed by atoms with Crippen LogP contribution < -0.4 is 0 Å². The number of aromatic nitrogens is 1. The Morgan fingerprint density at radius 3 is 2.81 bits per heavy atom. The molecule has 1 aliphatic rings. The van der Waals surface area contributed by atoms with Crippen molar-refractivity contribution in [2.24, 2.45) is 0 Å². The average Bonchev–Trinajstić information content (AvgIpc) is 3.02. The number of likely N-dealkylation sites (tertiary alicyclic amines) is 1. The van der Waals surface area contributed by atoms with Crippen LogP contribution in [0.1, 0.15) is 35.2 Å². The van der Waals surface area contributed by atoms with Gasteiger partial charge in [0.1, 0.15) is 5.82 Å². The molecule has 26 heavy (non-hydrogen) atoms. The Hall–Kier alpha value is -2.46. The van der Waals surface area contributed by atoms with Crippen LogP contribution in [-0.4, -0.2) is 34.9 Å². The van der Waals surface area contributed by atoms with Gasteiger partial charge >= 0.3 is 0 Å². The van der Waals surface area contributed by atoms with E-state index in [-0.39, 0.29) is 11.6 Å². The van der Waals surface area contributed by atoms with E-state index in [2.05, 4.69) is 22.6 Å². The molecular formula is C22H23FN2O. The standard InChI is InChI=1S/C22H23FN2O/c1-24-12-5-4-9-18(24)14-25-15-20(19-10-2-3-11-21(19)25)22(26)16-7-6-8-17(23)13-16/h2-3,6-8,10-11,13,15,18H,4-5,9,12,14H2,1H3. The molecular weight excluding hydrogens is 327 g/mol. The lowest BCUT2D eigenvalue weighted by atomic mass is 10.0. The molecule has 0 bridgehead atoms. The number of carbonyl (C=O) groups excluding carboxylic acids is 1. The Kier molecular flexibility index (Phi) is 4.60. The maximum absolute atomic E-state index is 13.6. The summed E-state index contributed by atoms with van der Waals surface area (Å²) < 4.78 is 15.7. The Morgan fingerprint density at radius 1 is 1.15 bits per heavy atom. The number of hydrogen-bond acceptors (Lipinski definition) is 2. The van der Waals surface area contributed by atoms with Crippen LogP contribution in [0.3, 0.4) is 0 Å². The largest absolute Gasteiger partial charge is 0.345 e. The first-order chi connectivity index (χ1) is 12.6. The lowest BCUT2D eigenvalue weighted by molar-refractivity contribution is 0.103. The number of rotatable bonds is 4. The van der Waals surface area contributed by atoms with Crippen molar-refractivity contribution in [3.63, 3.8) is 0 Å². The summed E-state index contributed by atoms with van der Waals surface area (Å²) in [5, 5.41) is 0.931. The SMILES string of the molecule is CN1CCCCC1Cn1cc(C(=O)c2cccc(F)c2)c2ccccc21. The first-order valence-electron chi connectivity index (χ1n) is 9.22. The van der Waals surface area contributed by atoms with Crippen LogP contribution >= 0.6 is 0 Å². The Balaban J connectivity index is 1.73. The number of hydrogen-bond donors (Lipinski definition) is 0. The van der Waals surface area contributed by atoms with Crippen molar-refractivity contribution >= 4 is 16.7 Å². The zero-order chi connectivity index (χ0) is 18.1. The fourth-order valence-electron chi connectivity index (χ4n) is 3.97. The molecule has 1 unspecified atom stereocenters. The van der Waals surface area contributed by atoms with E-state index in [0.717, 1.165) is 24.0 Å². The van der Waals surface area contributed by atoms with Crippen molar-refractivity contribution in [3.8, 4) is 0 Å². The highest BCUT2D eigenvalue weighted by Gasteiger charge is 2.22. The summed E-state index contributed by atoms with van der Waals surface area (Å²) >= 11 is 0. The van der Waals surface area contributed by atoms with Gasteiger partial charge < -0.3 is 9.47 Å². The minimum atomic E-state index is -0.386. The van der Waals surface area contributed by atoms with Gasteiger partial charge in [-0.3, -0.25) is 4.79 Å². The summed E-state index contributed by atoms with van der Waals surface area (Å²) in [7, 11) is 2.17. The summed E-state index contributed by atoms with van der Waals surface area (Å²) in [6, 6.07) is 14.4. The molecule has 3 aromatic rings. The minimum absolute atomic E-state index is 0.128. The third-order valence-corrected chi connectivity index (χ3v) is 5.45. The highest BCUT2D eigenvalue weighted by molar-refractivity contribution is 6.16. The molecule has 134 valence electrons. The number of likely N-dealkylation sites (N-methyl/N-ethyl adjacent to an activating group) is 1. The predicted molar refractivity (Wildman–Crippen MR) is 102 cm³/mol. The number of piperidine rings is 1. The van der Waals surface area contributed by atoms with E-state index < -0.39 is 0 Å². The quantitative estimate of drug-likeness (QED) is 0.648. The minimum Gasteiger partial charge on any atom is -0.345 e. The number of ketones is 1. The molecule has 0 aliphatic carbocycles. The normalized spacial score (nSPS) is 18.3. The van der Waals surface area contributed by atoms with Crippen molar-refractivity contribution in [1.29, 1.82) is 0 Å². The van der Waals surface area contributed by atoms with Crippen molar-refractivity contribution < 1.29 is 9.18 Å². The highest BCUT2D eigenvalue weighted by Crippen LogP contribution is 2.26. The van der Waals surface area contributed by atoms with Gasteiger partial charge in [-0.05, 0) is 44.6 Å². The monoisotopic (exact) mass is 350 g/mol. The third kappa shape index (κ3) is 3.17. The summed E-state index contributed by atoms with van der Waals surface area (Å²) in [5.41, 5.74) is 2.10. The molecule has 2 heterocycles. The second-order valence-electron chi connectivity index (χ2n) is 7.18. The summed E-state index contributed by atoms with van der Waals surface area (Å²) in [6.07, 6.45) is 5.63. The average molecular weight is 350 g/mol. The van der Waals surface area contributed by atoms with Crippen LogP contribution in [0.25, 0.3) is 10.9 Å². The molecule has 4 heteroatoms. The number of halogens is 1. The van der Waals surface area contributed by atoms with Gasteiger partial charge in [-0.15, -0.1) is 0 Å². The number of nitrogens with zero attached hydrogens (tertiary/aromatic N) is 2. The van der Waals surface area contributed by atoms with Crippen LogP contribution in [0.4, 0.5) is 4.39 Å². The molecule has 1 atom stereocenters. The van der Waals surface area contributed by atoms with Gasteiger partial charge in [-0.2, -0.15) is 0 Å². The predicted octanol–water partition coefficient (Wildman–Crippen LogP) is 4.50. The third-order valence-electron chi connectivity index (χ3n) is 5.45.